The molecule has 0 amide bonds. The van der Waals surface area contributed by atoms with Crippen LogP contribution in [0.1, 0.15) is 11.1 Å². The van der Waals surface area contributed by atoms with E-state index in [0.29, 0.717) is 5.88 Å². The van der Waals surface area contributed by atoms with Gasteiger partial charge in [0.2, 0.25) is 0 Å². The van der Waals surface area contributed by atoms with Crippen LogP contribution in [-0.4, -0.2) is 4.98 Å². The van der Waals surface area contributed by atoms with E-state index < -0.39 is 0 Å². The third-order valence-corrected chi connectivity index (χ3v) is 2.66. The van der Waals surface area contributed by atoms with E-state index in [2.05, 4.69) is 10.3 Å². The van der Waals surface area contributed by atoms with Gasteiger partial charge in [0, 0.05) is 17.8 Å². The summed E-state index contributed by atoms with van der Waals surface area (Å²) in [5, 5.41) is 3.28. The number of nitrogens with zero attached hydrogens (tertiary/aromatic N) is 1. The number of anilines is 2. The molecule has 1 aromatic carbocycles. The molecule has 1 heterocycles. The second-order valence-corrected chi connectivity index (χ2v) is 3.90. The Morgan fingerprint density at radius 1 is 1.25 bits per heavy atom. The van der Waals surface area contributed by atoms with Crippen molar-refractivity contribution >= 4 is 23.1 Å². The maximum atomic E-state index is 5.79. The van der Waals surface area contributed by atoms with Crippen LogP contribution in [0.4, 0.5) is 11.5 Å². The van der Waals surface area contributed by atoms with Crippen molar-refractivity contribution < 1.29 is 0 Å². The van der Waals surface area contributed by atoms with Crippen LogP contribution in [0.15, 0.2) is 42.6 Å². The van der Waals surface area contributed by atoms with Gasteiger partial charge in [0.15, 0.2) is 0 Å². The van der Waals surface area contributed by atoms with Gasteiger partial charge in [-0.15, -0.1) is 11.6 Å². The number of benzene rings is 1. The van der Waals surface area contributed by atoms with Crippen LogP contribution in [0, 0.1) is 6.92 Å². The first-order chi connectivity index (χ1) is 7.79. The molecule has 0 spiro atoms. The Balaban J connectivity index is 2.24. The molecular weight excluding hydrogens is 220 g/mol. The number of aromatic nitrogens is 1. The highest BCUT2D eigenvalue weighted by Crippen LogP contribution is 2.19. The van der Waals surface area contributed by atoms with Gasteiger partial charge in [0.1, 0.15) is 5.82 Å². The molecule has 0 bridgehead atoms. The molecule has 1 N–H and O–H groups in total. The van der Waals surface area contributed by atoms with Crippen LogP contribution in [-0.2, 0) is 5.88 Å². The van der Waals surface area contributed by atoms with E-state index in [-0.39, 0.29) is 0 Å². The summed E-state index contributed by atoms with van der Waals surface area (Å²) in [4.78, 5) is 4.28. The quantitative estimate of drug-likeness (QED) is 0.813. The maximum Gasteiger partial charge on any atom is 0.133 e. The van der Waals surface area contributed by atoms with Gasteiger partial charge in [-0.05, 0) is 36.2 Å². The normalized spacial score (nSPS) is 10.1. The lowest BCUT2D eigenvalue weighted by Gasteiger charge is -2.08. The van der Waals surface area contributed by atoms with Gasteiger partial charge in [-0.2, -0.15) is 0 Å². The predicted molar refractivity (Wildman–Crippen MR) is 68.3 cm³/mol. The van der Waals surface area contributed by atoms with Gasteiger partial charge in [-0.25, -0.2) is 4.98 Å². The second-order valence-electron chi connectivity index (χ2n) is 3.63. The van der Waals surface area contributed by atoms with Crippen LogP contribution < -0.4 is 5.32 Å². The van der Waals surface area contributed by atoms with Gasteiger partial charge < -0.3 is 5.32 Å². The molecule has 2 nitrogen and oxygen atoms in total. The zero-order chi connectivity index (χ0) is 11.4. The first kappa shape index (κ1) is 11.0. The third kappa shape index (κ3) is 2.52. The van der Waals surface area contributed by atoms with E-state index in [1.165, 1.54) is 0 Å². The highest BCUT2D eigenvalue weighted by Gasteiger charge is 1.99. The topological polar surface area (TPSA) is 24.9 Å². The zero-order valence-electron chi connectivity index (χ0n) is 9.07. The molecule has 0 atom stereocenters. The number of aryl methyl sites for hydroxylation is 1. The fraction of sp³-hybridized carbons (Fsp3) is 0.154. The third-order valence-electron chi connectivity index (χ3n) is 2.35. The Labute approximate surface area is 100 Å². The average Bonchev–Trinajstić information content (AvgIpc) is 2.32. The molecule has 0 fully saturated rings. The number of halogens is 1. The largest absolute Gasteiger partial charge is 0.340 e. The fourth-order valence-corrected chi connectivity index (χ4v) is 1.65. The van der Waals surface area contributed by atoms with Gasteiger partial charge >= 0.3 is 0 Å². The Kier molecular flexibility index (Phi) is 3.42. The average molecular weight is 233 g/mol. The van der Waals surface area contributed by atoms with Crippen LogP contribution in [0.25, 0.3) is 0 Å². The Morgan fingerprint density at radius 3 is 2.88 bits per heavy atom. The van der Waals surface area contributed by atoms with E-state index in [9.17, 15) is 0 Å². The minimum atomic E-state index is 0.525. The van der Waals surface area contributed by atoms with Crippen molar-refractivity contribution in [1.29, 1.82) is 0 Å². The lowest BCUT2D eigenvalue weighted by Crippen LogP contribution is -1.96. The van der Waals surface area contributed by atoms with Crippen LogP contribution >= 0.6 is 11.6 Å². The van der Waals surface area contributed by atoms with Crippen molar-refractivity contribution in [3.63, 3.8) is 0 Å². The van der Waals surface area contributed by atoms with Gasteiger partial charge in [-0.1, -0.05) is 18.2 Å². The molecule has 16 heavy (non-hydrogen) atoms. The molecule has 0 saturated heterocycles. The highest BCUT2D eigenvalue weighted by atomic mass is 35.5. The Bertz CT molecular complexity index is 483. The van der Waals surface area contributed by atoms with Gasteiger partial charge in [-0.3, -0.25) is 0 Å². The Hall–Kier alpha value is -1.54. The lowest BCUT2D eigenvalue weighted by atomic mass is 10.2. The summed E-state index contributed by atoms with van der Waals surface area (Å²) in [6.07, 6.45) is 1.78. The number of alkyl halides is 1. The van der Waals surface area contributed by atoms with Crippen molar-refractivity contribution in [2.75, 3.05) is 5.32 Å². The van der Waals surface area contributed by atoms with Crippen LogP contribution in [0.3, 0.4) is 0 Å². The SMILES string of the molecule is Cc1cccnc1Nc1cccc(CCl)c1. The molecule has 2 aromatic rings. The number of hydrogen-bond donors (Lipinski definition) is 1. The number of rotatable bonds is 3. The van der Waals surface area contributed by atoms with Gasteiger partial charge in [0.05, 0.1) is 0 Å². The van der Waals surface area contributed by atoms with Crippen molar-refractivity contribution in [1.82, 2.24) is 4.98 Å². The summed E-state index contributed by atoms with van der Waals surface area (Å²) in [5.41, 5.74) is 3.24. The molecule has 0 radical (unpaired) electrons. The summed E-state index contributed by atoms with van der Waals surface area (Å²) in [5.74, 6) is 1.41. The molecule has 3 heteroatoms. The minimum Gasteiger partial charge on any atom is -0.340 e. The molecule has 0 aliphatic rings. The van der Waals surface area contributed by atoms with E-state index in [1.54, 1.807) is 6.20 Å². The summed E-state index contributed by atoms with van der Waals surface area (Å²) < 4.78 is 0. The van der Waals surface area contributed by atoms with E-state index in [4.69, 9.17) is 11.6 Å². The summed E-state index contributed by atoms with van der Waals surface area (Å²) >= 11 is 5.79. The molecular formula is C13H13ClN2. The fourth-order valence-electron chi connectivity index (χ4n) is 1.49. The molecule has 0 saturated carbocycles. The van der Waals surface area contributed by atoms with E-state index in [1.807, 2.05) is 43.3 Å². The van der Waals surface area contributed by atoms with Crippen molar-refractivity contribution in [3.8, 4) is 0 Å². The number of nitrogens with one attached hydrogen (secondary N) is 1. The van der Waals surface area contributed by atoms with Crippen LogP contribution in [0.2, 0.25) is 0 Å². The minimum absolute atomic E-state index is 0.525. The van der Waals surface area contributed by atoms with Crippen molar-refractivity contribution in [2.24, 2.45) is 0 Å². The highest BCUT2D eigenvalue weighted by molar-refractivity contribution is 6.17. The van der Waals surface area contributed by atoms with Crippen LogP contribution in [0.5, 0.6) is 0 Å². The summed E-state index contributed by atoms with van der Waals surface area (Å²) in [7, 11) is 0. The van der Waals surface area contributed by atoms with Gasteiger partial charge in [0.25, 0.3) is 0 Å². The standard InChI is InChI=1S/C13H13ClN2/c1-10-4-3-7-15-13(10)16-12-6-2-5-11(8-12)9-14/h2-8H,9H2,1H3,(H,15,16). The van der Waals surface area contributed by atoms with E-state index in [0.717, 1.165) is 22.6 Å². The maximum absolute atomic E-state index is 5.79. The monoisotopic (exact) mass is 232 g/mol. The summed E-state index contributed by atoms with van der Waals surface area (Å²) in [6, 6.07) is 12.0. The lowest BCUT2D eigenvalue weighted by molar-refractivity contribution is 1.25. The predicted octanol–water partition coefficient (Wildman–Crippen LogP) is 3.87. The first-order valence-corrected chi connectivity index (χ1v) is 5.66. The smallest absolute Gasteiger partial charge is 0.133 e. The zero-order valence-corrected chi connectivity index (χ0v) is 9.83. The molecule has 0 unspecified atom stereocenters. The molecule has 1 aromatic heterocycles. The van der Waals surface area contributed by atoms with Crippen molar-refractivity contribution in [2.45, 2.75) is 12.8 Å². The molecule has 82 valence electrons. The number of hydrogen-bond acceptors (Lipinski definition) is 2. The summed E-state index contributed by atoms with van der Waals surface area (Å²) in [6.45, 7) is 2.03. The first-order valence-electron chi connectivity index (χ1n) is 5.13. The molecule has 0 aliphatic carbocycles. The van der Waals surface area contributed by atoms with E-state index >= 15 is 0 Å². The van der Waals surface area contributed by atoms with Crippen molar-refractivity contribution in [3.05, 3.63) is 53.7 Å². The molecule has 0 aliphatic heterocycles. The number of pyridine rings is 1. The second kappa shape index (κ2) is 4.99. The molecule has 2 rings (SSSR count). The Morgan fingerprint density at radius 2 is 2.12 bits per heavy atom.